The average molecular weight is 393 g/mol. The van der Waals surface area contributed by atoms with Crippen molar-refractivity contribution in [2.75, 3.05) is 26.0 Å². The molecule has 29 heavy (non-hydrogen) atoms. The fraction of sp³-hybridized carbons (Fsp3) is 0.348. The first kappa shape index (κ1) is 22.1. The number of hydrogen-bond acceptors (Lipinski definition) is 4. The molecule has 0 bridgehead atoms. The molecule has 0 aromatic heterocycles. The molecule has 2 aromatic rings. The summed E-state index contributed by atoms with van der Waals surface area (Å²) in [5.41, 5.74) is 3.39. The lowest BCUT2D eigenvalue weighted by atomic mass is 10.1. The quantitative estimate of drug-likeness (QED) is 0.749. The number of amides is 2. The SMILES string of the molecule is CCc1ccccc1NC(=O)CN(C)C(=O)[C@@H](C)N(C)Cc1cccc(C#N)c1. The normalized spacial score (nSPS) is 11.6. The lowest BCUT2D eigenvalue weighted by Crippen LogP contribution is -2.46. The van der Waals surface area contributed by atoms with Crippen molar-refractivity contribution in [3.05, 3.63) is 65.2 Å². The first-order valence-corrected chi connectivity index (χ1v) is 9.67. The number of hydrogen-bond donors (Lipinski definition) is 1. The van der Waals surface area contributed by atoms with Crippen molar-refractivity contribution in [3.63, 3.8) is 0 Å². The minimum Gasteiger partial charge on any atom is -0.335 e. The Bertz CT molecular complexity index is 904. The van der Waals surface area contributed by atoms with E-state index in [9.17, 15) is 9.59 Å². The van der Waals surface area contributed by atoms with Crippen LogP contribution in [0.2, 0.25) is 0 Å². The molecule has 6 heteroatoms. The smallest absolute Gasteiger partial charge is 0.243 e. The van der Waals surface area contributed by atoms with Gasteiger partial charge < -0.3 is 10.2 Å². The molecule has 0 fully saturated rings. The fourth-order valence-electron chi connectivity index (χ4n) is 3.11. The second-order valence-electron chi connectivity index (χ2n) is 7.16. The van der Waals surface area contributed by atoms with E-state index in [1.54, 1.807) is 13.1 Å². The summed E-state index contributed by atoms with van der Waals surface area (Å²) in [6.45, 7) is 4.37. The van der Waals surface area contributed by atoms with E-state index >= 15 is 0 Å². The van der Waals surface area contributed by atoms with Crippen LogP contribution in [0.25, 0.3) is 0 Å². The Labute approximate surface area is 172 Å². The van der Waals surface area contributed by atoms with Crippen LogP contribution in [0.15, 0.2) is 48.5 Å². The maximum atomic E-state index is 12.8. The summed E-state index contributed by atoms with van der Waals surface area (Å²) in [6, 6.07) is 16.7. The van der Waals surface area contributed by atoms with Gasteiger partial charge in [-0.15, -0.1) is 0 Å². The summed E-state index contributed by atoms with van der Waals surface area (Å²) in [5, 5.41) is 11.9. The van der Waals surface area contributed by atoms with Gasteiger partial charge in [0.25, 0.3) is 0 Å². The van der Waals surface area contributed by atoms with Crippen molar-refractivity contribution in [2.24, 2.45) is 0 Å². The molecule has 0 radical (unpaired) electrons. The third-order valence-corrected chi connectivity index (χ3v) is 4.94. The summed E-state index contributed by atoms with van der Waals surface area (Å²) in [6.07, 6.45) is 0.819. The fourth-order valence-corrected chi connectivity index (χ4v) is 3.11. The van der Waals surface area contributed by atoms with Gasteiger partial charge >= 0.3 is 0 Å². The van der Waals surface area contributed by atoms with Crippen LogP contribution in [-0.4, -0.2) is 48.3 Å². The molecule has 0 heterocycles. The largest absolute Gasteiger partial charge is 0.335 e. The zero-order valence-corrected chi connectivity index (χ0v) is 17.5. The third kappa shape index (κ3) is 6.16. The molecule has 0 unspecified atom stereocenters. The van der Waals surface area contributed by atoms with Gasteiger partial charge in [-0.05, 0) is 49.7 Å². The summed E-state index contributed by atoms with van der Waals surface area (Å²) < 4.78 is 0. The highest BCUT2D eigenvalue weighted by atomic mass is 16.2. The molecule has 1 N–H and O–H groups in total. The summed E-state index contributed by atoms with van der Waals surface area (Å²) >= 11 is 0. The van der Waals surface area contributed by atoms with Crippen LogP contribution in [-0.2, 0) is 22.6 Å². The molecule has 0 saturated carbocycles. The summed E-state index contributed by atoms with van der Waals surface area (Å²) in [5.74, 6) is -0.360. The average Bonchev–Trinajstić information content (AvgIpc) is 2.72. The van der Waals surface area contributed by atoms with Gasteiger partial charge in [-0.2, -0.15) is 5.26 Å². The van der Waals surface area contributed by atoms with Gasteiger partial charge in [-0.25, -0.2) is 0 Å². The van der Waals surface area contributed by atoms with Gasteiger partial charge in [0.15, 0.2) is 0 Å². The molecule has 0 saturated heterocycles. The Balaban J connectivity index is 1.93. The van der Waals surface area contributed by atoms with Crippen LogP contribution in [0.3, 0.4) is 0 Å². The zero-order chi connectivity index (χ0) is 21.4. The highest BCUT2D eigenvalue weighted by molar-refractivity contribution is 5.95. The predicted molar refractivity (Wildman–Crippen MR) is 114 cm³/mol. The zero-order valence-electron chi connectivity index (χ0n) is 17.5. The number of carbonyl (C=O) groups is 2. The number of rotatable bonds is 8. The van der Waals surface area contributed by atoms with E-state index in [1.165, 1.54) is 4.90 Å². The number of aryl methyl sites for hydroxylation is 1. The Kier molecular flexibility index (Phi) is 7.93. The van der Waals surface area contributed by atoms with E-state index in [0.717, 1.165) is 23.2 Å². The first-order chi connectivity index (χ1) is 13.8. The summed E-state index contributed by atoms with van der Waals surface area (Å²) in [7, 11) is 3.49. The van der Waals surface area contributed by atoms with E-state index in [4.69, 9.17) is 5.26 Å². The number of nitrogens with zero attached hydrogens (tertiary/aromatic N) is 3. The maximum absolute atomic E-state index is 12.8. The predicted octanol–water partition coefficient (Wildman–Crippen LogP) is 3.04. The van der Waals surface area contributed by atoms with Crippen molar-refractivity contribution in [3.8, 4) is 6.07 Å². The number of benzene rings is 2. The van der Waals surface area contributed by atoms with Crippen LogP contribution >= 0.6 is 0 Å². The molecule has 6 nitrogen and oxygen atoms in total. The molecule has 2 rings (SSSR count). The van der Waals surface area contributed by atoms with Crippen molar-refractivity contribution >= 4 is 17.5 Å². The highest BCUT2D eigenvalue weighted by Crippen LogP contribution is 2.15. The van der Waals surface area contributed by atoms with E-state index in [0.29, 0.717) is 12.1 Å². The highest BCUT2D eigenvalue weighted by Gasteiger charge is 2.23. The lowest BCUT2D eigenvalue weighted by molar-refractivity contribution is -0.137. The van der Waals surface area contributed by atoms with Gasteiger partial charge in [0.1, 0.15) is 0 Å². The summed E-state index contributed by atoms with van der Waals surface area (Å²) in [4.78, 5) is 28.5. The Morgan fingerprint density at radius 1 is 1.14 bits per heavy atom. The van der Waals surface area contributed by atoms with E-state index < -0.39 is 6.04 Å². The molecule has 0 aliphatic carbocycles. The number of nitrogens with one attached hydrogen (secondary N) is 1. The maximum Gasteiger partial charge on any atom is 0.243 e. The Morgan fingerprint density at radius 3 is 2.55 bits per heavy atom. The molecular formula is C23H28N4O2. The number of nitriles is 1. The molecule has 2 aromatic carbocycles. The van der Waals surface area contributed by atoms with Crippen LogP contribution in [0, 0.1) is 11.3 Å². The topological polar surface area (TPSA) is 76.4 Å². The molecular weight excluding hydrogens is 364 g/mol. The molecule has 0 spiro atoms. The molecule has 2 amide bonds. The molecule has 152 valence electrons. The number of likely N-dealkylation sites (N-methyl/N-ethyl adjacent to an activating group) is 2. The minimum atomic E-state index is -0.401. The van der Waals surface area contributed by atoms with Crippen LogP contribution < -0.4 is 5.32 Å². The van der Waals surface area contributed by atoms with Gasteiger partial charge in [0.05, 0.1) is 24.2 Å². The van der Waals surface area contributed by atoms with Gasteiger partial charge in [-0.3, -0.25) is 14.5 Å². The second kappa shape index (κ2) is 10.4. The van der Waals surface area contributed by atoms with Gasteiger partial charge in [0.2, 0.25) is 11.8 Å². The molecule has 0 aliphatic heterocycles. The number of anilines is 1. The van der Waals surface area contributed by atoms with Gasteiger partial charge in [0, 0.05) is 19.3 Å². The Morgan fingerprint density at radius 2 is 1.86 bits per heavy atom. The molecule has 0 aliphatic rings. The lowest BCUT2D eigenvalue weighted by Gasteiger charge is -2.28. The van der Waals surface area contributed by atoms with Crippen molar-refractivity contribution in [1.29, 1.82) is 5.26 Å². The van der Waals surface area contributed by atoms with Crippen LogP contribution in [0.1, 0.15) is 30.5 Å². The van der Waals surface area contributed by atoms with Crippen LogP contribution in [0.4, 0.5) is 5.69 Å². The van der Waals surface area contributed by atoms with E-state index in [1.807, 2.05) is 68.3 Å². The number of para-hydroxylation sites is 1. The van der Waals surface area contributed by atoms with Crippen molar-refractivity contribution < 1.29 is 9.59 Å². The standard InChI is InChI=1S/C23H28N4O2/c1-5-20-11-6-7-12-21(20)25-22(28)16-27(4)23(29)17(2)26(3)15-19-10-8-9-18(13-19)14-24/h6-13,17H,5,15-16H2,1-4H3,(H,25,28)/t17-/m1/s1. The van der Waals surface area contributed by atoms with Crippen molar-refractivity contribution in [2.45, 2.75) is 32.9 Å². The minimum absolute atomic E-state index is 0.0149. The van der Waals surface area contributed by atoms with E-state index in [2.05, 4.69) is 11.4 Å². The number of carbonyl (C=O) groups excluding carboxylic acids is 2. The first-order valence-electron chi connectivity index (χ1n) is 9.67. The van der Waals surface area contributed by atoms with E-state index in [-0.39, 0.29) is 18.4 Å². The molecule has 1 atom stereocenters. The van der Waals surface area contributed by atoms with Crippen LogP contribution in [0.5, 0.6) is 0 Å². The third-order valence-electron chi connectivity index (χ3n) is 4.94. The Hall–Kier alpha value is -3.17. The van der Waals surface area contributed by atoms with Gasteiger partial charge in [-0.1, -0.05) is 37.3 Å². The monoisotopic (exact) mass is 392 g/mol. The second-order valence-corrected chi connectivity index (χ2v) is 7.16. The van der Waals surface area contributed by atoms with Crippen molar-refractivity contribution in [1.82, 2.24) is 9.80 Å².